The first kappa shape index (κ1) is 20.2. The molecule has 1 fully saturated rings. The summed E-state index contributed by atoms with van der Waals surface area (Å²) in [6.45, 7) is 0.741. The van der Waals surface area contributed by atoms with Crippen LogP contribution >= 0.6 is 0 Å². The summed E-state index contributed by atoms with van der Waals surface area (Å²) in [5, 5.41) is 9.51. The average Bonchev–Trinajstić information content (AvgIpc) is 2.91. The van der Waals surface area contributed by atoms with Gasteiger partial charge < -0.3 is 14.6 Å². The number of nitrogens with zero attached hydrogens (tertiary/aromatic N) is 1. The molecule has 2 aromatic carbocycles. The summed E-state index contributed by atoms with van der Waals surface area (Å²) in [7, 11) is -2.14. The van der Waals surface area contributed by atoms with Crippen LogP contribution < -0.4 is 9.47 Å². The number of hydrogen-bond acceptors (Lipinski definition) is 5. The molecular formula is C22H27NO5S. The van der Waals surface area contributed by atoms with Gasteiger partial charge in [-0.25, -0.2) is 8.42 Å². The van der Waals surface area contributed by atoms with E-state index in [1.54, 1.807) is 35.7 Å². The molecule has 0 aromatic heterocycles. The third kappa shape index (κ3) is 3.99. The van der Waals surface area contributed by atoms with Crippen molar-refractivity contribution in [2.45, 2.75) is 42.7 Å². The van der Waals surface area contributed by atoms with Gasteiger partial charge in [0.05, 0.1) is 18.6 Å². The average molecular weight is 418 g/mol. The molecule has 1 aliphatic carbocycles. The zero-order chi connectivity index (χ0) is 20.5. The van der Waals surface area contributed by atoms with Gasteiger partial charge in [0.1, 0.15) is 17.1 Å². The minimum atomic E-state index is -3.70. The van der Waals surface area contributed by atoms with Gasteiger partial charge in [-0.1, -0.05) is 18.2 Å². The lowest BCUT2D eigenvalue weighted by Gasteiger charge is -2.41. The van der Waals surface area contributed by atoms with Crippen LogP contribution in [0.4, 0.5) is 0 Å². The molecule has 1 N–H and O–H groups in total. The molecule has 156 valence electrons. The van der Waals surface area contributed by atoms with Gasteiger partial charge in [-0.15, -0.1) is 0 Å². The highest BCUT2D eigenvalue weighted by atomic mass is 32.2. The summed E-state index contributed by atoms with van der Waals surface area (Å²) >= 11 is 0. The third-order valence-corrected chi connectivity index (χ3v) is 7.89. The van der Waals surface area contributed by atoms with E-state index in [-0.39, 0.29) is 24.0 Å². The second-order valence-corrected chi connectivity index (χ2v) is 9.91. The van der Waals surface area contributed by atoms with Gasteiger partial charge in [0.15, 0.2) is 0 Å². The van der Waals surface area contributed by atoms with Crippen LogP contribution in [0, 0.1) is 5.92 Å². The van der Waals surface area contributed by atoms with Crippen molar-refractivity contribution in [3.05, 3.63) is 54.1 Å². The van der Waals surface area contributed by atoms with Crippen LogP contribution in [0.5, 0.6) is 11.5 Å². The van der Waals surface area contributed by atoms with Gasteiger partial charge in [-0.05, 0) is 61.9 Å². The first-order chi connectivity index (χ1) is 14.0. The topological polar surface area (TPSA) is 76.1 Å². The minimum absolute atomic E-state index is 0.167. The fraction of sp³-hybridized carbons (Fsp3) is 0.455. The van der Waals surface area contributed by atoms with Gasteiger partial charge >= 0.3 is 0 Å². The molecule has 0 atom stereocenters. The molecule has 7 heteroatoms. The van der Waals surface area contributed by atoms with E-state index in [0.29, 0.717) is 12.3 Å². The van der Waals surface area contributed by atoms with Crippen LogP contribution in [-0.2, 0) is 16.6 Å². The molecule has 1 spiro atoms. The molecule has 2 aliphatic rings. The zero-order valence-corrected chi connectivity index (χ0v) is 17.4. The van der Waals surface area contributed by atoms with E-state index in [9.17, 15) is 13.5 Å². The van der Waals surface area contributed by atoms with Crippen molar-refractivity contribution in [3.8, 4) is 11.5 Å². The SMILES string of the molecule is COc1ccc(S(=O)(=O)N2Cc3ccccc3OC3(CCC(CO)CC3)C2)cc1. The van der Waals surface area contributed by atoms with Gasteiger partial charge in [0.2, 0.25) is 10.0 Å². The summed E-state index contributed by atoms with van der Waals surface area (Å²) in [6.07, 6.45) is 3.10. The van der Waals surface area contributed by atoms with E-state index >= 15 is 0 Å². The fourth-order valence-corrected chi connectivity index (χ4v) is 5.77. The molecule has 29 heavy (non-hydrogen) atoms. The van der Waals surface area contributed by atoms with Gasteiger partial charge in [-0.2, -0.15) is 4.31 Å². The molecule has 1 aliphatic heterocycles. The number of aliphatic hydroxyl groups is 1. The second kappa shape index (κ2) is 7.97. The monoisotopic (exact) mass is 417 g/mol. The maximum absolute atomic E-state index is 13.5. The highest BCUT2D eigenvalue weighted by molar-refractivity contribution is 7.89. The number of methoxy groups -OCH3 is 1. The highest BCUT2D eigenvalue weighted by Crippen LogP contribution is 2.41. The van der Waals surface area contributed by atoms with E-state index in [0.717, 1.165) is 37.0 Å². The number of benzene rings is 2. The number of ether oxygens (including phenoxy) is 2. The van der Waals surface area contributed by atoms with Crippen molar-refractivity contribution in [2.24, 2.45) is 5.92 Å². The standard InChI is InChI=1S/C22H27NO5S/c1-27-19-6-8-20(9-7-19)29(25,26)23-14-18-4-2-3-5-21(18)28-22(16-23)12-10-17(15-24)11-13-22/h2-9,17,24H,10-16H2,1H3. The maximum Gasteiger partial charge on any atom is 0.243 e. The Hall–Kier alpha value is -2.09. The number of rotatable bonds is 4. The highest BCUT2D eigenvalue weighted by Gasteiger charge is 2.44. The van der Waals surface area contributed by atoms with Crippen LogP contribution in [0.15, 0.2) is 53.4 Å². The van der Waals surface area contributed by atoms with Gasteiger partial charge in [-0.3, -0.25) is 0 Å². The molecule has 0 saturated heterocycles. The molecule has 1 heterocycles. The molecule has 4 rings (SSSR count). The van der Waals surface area contributed by atoms with E-state index in [2.05, 4.69) is 0 Å². The predicted octanol–water partition coefficient (Wildman–Crippen LogP) is 3.20. The molecule has 2 aromatic rings. The largest absolute Gasteiger partial charge is 0.497 e. The minimum Gasteiger partial charge on any atom is -0.497 e. The van der Waals surface area contributed by atoms with E-state index in [1.807, 2.05) is 24.3 Å². The lowest BCUT2D eigenvalue weighted by molar-refractivity contribution is -0.000747. The number of aliphatic hydroxyl groups excluding tert-OH is 1. The molecule has 0 radical (unpaired) electrons. The van der Waals surface area contributed by atoms with Crippen LogP contribution in [-0.4, -0.2) is 43.7 Å². The van der Waals surface area contributed by atoms with Crippen molar-refractivity contribution in [1.29, 1.82) is 0 Å². The Kier molecular flexibility index (Phi) is 5.55. The molecule has 0 unspecified atom stereocenters. The van der Waals surface area contributed by atoms with Crippen molar-refractivity contribution >= 4 is 10.0 Å². The second-order valence-electron chi connectivity index (χ2n) is 7.97. The van der Waals surface area contributed by atoms with E-state index in [1.165, 1.54) is 0 Å². The molecule has 0 amide bonds. The van der Waals surface area contributed by atoms with E-state index < -0.39 is 15.6 Å². The lowest BCUT2D eigenvalue weighted by atomic mass is 9.79. The quantitative estimate of drug-likeness (QED) is 0.827. The Balaban J connectivity index is 1.70. The van der Waals surface area contributed by atoms with Crippen LogP contribution in [0.25, 0.3) is 0 Å². The summed E-state index contributed by atoms with van der Waals surface area (Å²) in [4.78, 5) is 0.247. The number of fused-ring (bicyclic) bond motifs is 1. The lowest BCUT2D eigenvalue weighted by Crippen LogP contribution is -2.49. The first-order valence-electron chi connectivity index (χ1n) is 9.98. The Morgan fingerprint density at radius 1 is 1.14 bits per heavy atom. The third-order valence-electron chi connectivity index (χ3n) is 6.08. The normalized spacial score (nSPS) is 25.1. The molecular weight excluding hydrogens is 390 g/mol. The smallest absolute Gasteiger partial charge is 0.243 e. The number of hydrogen-bond donors (Lipinski definition) is 1. The Morgan fingerprint density at radius 3 is 2.48 bits per heavy atom. The van der Waals surface area contributed by atoms with Crippen LogP contribution in [0.3, 0.4) is 0 Å². The molecule has 6 nitrogen and oxygen atoms in total. The number of sulfonamides is 1. The predicted molar refractivity (Wildman–Crippen MR) is 109 cm³/mol. The first-order valence-corrected chi connectivity index (χ1v) is 11.4. The Morgan fingerprint density at radius 2 is 1.83 bits per heavy atom. The van der Waals surface area contributed by atoms with Crippen LogP contribution in [0.2, 0.25) is 0 Å². The maximum atomic E-state index is 13.5. The summed E-state index contributed by atoms with van der Waals surface area (Å²) in [5.74, 6) is 1.63. The van der Waals surface area contributed by atoms with Gasteiger partial charge in [0.25, 0.3) is 0 Å². The van der Waals surface area contributed by atoms with Crippen LogP contribution in [0.1, 0.15) is 31.2 Å². The molecule has 1 saturated carbocycles. The van der Waals surface area contributed by atoms with Gasteiger partial charge in [0, 0.05) is 18.7 Å². The zero-order valence-electron chi connectivity index (χ0n) is 16.6. The van der Waals surface area contributed by atoms with Crippen molar-refractivity contribution < 1.29 is 23.0 Å². The summed E-state index contributed by atoms with van der Waals surface area (Å²) in [6, 6.07) is 14.2. The van der Waals surface area contributed by atoms with Crippen molar-refractivity contribution in [2.75, 3.05) is 20.3 Å². The van der Waals surface area contributed by atoms with Crippen molar-refractivity contribution in [3.63, 3.8) is 0 Å². The fourth-order valence-electron chi connectivity index (χ4n) is 4.28. The Bertz CT molecular complexity index is 949. The van der Waals surface area contributed by atoms with E-state index in [4.69, 9.17) is 9.47 Å². The number of para-hydroxylation sites is 1. The Labute approximate surface area is 172 Å². The summed E-state index contributed by atoms with van der Waals surface area (Å²) < 4.78 is 40.1. The summed E-state index contributed by atoms with van der Waals surface area (Å²) in [5.41, 5.74) is 0.295. The van der Waals surface area contributed by atoms with Crippen molar-refractivity contribution in [1.82, 2.24) is 4.31 Å². The molecule has 0 bridgehead atoms.